The molecule has 0 spiro atoms. The fourth-order valence-corrected chi connectivity index (χ4v) is 7.42. The van der Waals surface area contributed by atoms with Crippen molar-refractivity contribution >= 4 is 38.0 Å². The molecule has 2 heterocycles. The Balaban J connectivity index is 1.31. The number of nitriles is 1. The average Bonchev–Trinajstić information content (AvgIpc) is 3.26. The van der Waals surface area contributed by atoms with Gasteiger partial charge in [-0.1, -0.05) is 24.3 Å². The number of anilines is 2. The Morgan fingerprint density at radius 1 is 0.971 bits per heavy atom. The molecule has 0 saturated carbocycles. The topological polar surface area (TPSA) is 93.5 Å². The zero-order chi connectivity index (χ0) is 24.4. The van der Waals surface area contributed by atoms with Gasteiger partial charge >= 0.3 is 0 Å². The van der Waals surface area contributed by atoms with Crippen LogP contribution in [0.1, 0.15) is 39.2 Å². The molecular weight excluding hydrogens is 480 g/mol. The number of carbonyl (C=O) groups excluding carboxylic acids is 1. The number of benzene rings is 2. The Bertz CT molecular complexity index is 1390. The van der Waals surface area contributed by atoms with Gasteiger partial charge in [0.25, 0.3) is 5.91 Å². The molecule has 1 amide bonds. The number of para-hydroxylation sites is 1. The normalized spacial score (nSPS) is 16.4. The van der Waals surface area contributed by atoms with Crippen LogP contribution in [0.3, 0.4) is 0 Å². The van der Waals surface area contributed by atoms with Gasteiger partial charge in [-0.05, 0) is 61.6 Å². The highest BCUT2D eigenvalue weighted by Gasteiger charge is 2.29. The van der Waals surface area contributed by atoms with Crippen molar-refractivity contribution in [3.63, 3.8) is 0 Å². The first-order valence-electron chi connectivity index (χ1n) is 11.7. The molecule has 1 fully saturated rings. The Labute approximate surface area is 209 Å². The van der Waals surface area contributed by atoms with E-state index in [0.29, 0.717) is 36.7 Å². The van der Waals surface area contributed by atoms with Crippen molar-refractivity contribution in [2.75, 3.05) is 36.4 Å². The maximum atomic E-state index is 13.3. The number of aryl methyl sites for hydroxylation is 1. The lowest BCUT2D eigenvalue weighted by Crippen LogP contribution is -2.48. The number of fused-ring (bicyclic) bond motifs is 1. The van der Waals surface area contributed by atoms with E-state index >= 15 is 0 Å². The molecule has 1 aliphatic heterocycles. The molecule has 0 radical (unpaired) electrons. The van der Waals surface area contributed by atoms with Crippen molar-refractivity contribution < 1.29 is 13.2 Å². The maximum absolute atomic E-state index is 13.3. The van der Waals surface area contributed by atoms with Crippen molar-refractivity contribution in [3.8, 4) is 6.07 Å². The molecule has 3 aromatic rings. The summed E-state index contributed by atoms with van der Waals surface area (Å²) in [5.41, 5.74) is 2.92. The summed E-state index contributed by atoms with van der Waals surface area (Å²) in [6.07, 6.45) is 3.92. The first kappa shape index (κ1) is 23.5. The highest BCUT2D eigenvalue weighted by molar-refractivity contribution is 7.89. The van der Waals surface area contributed by atoms with Gasteiger partial charge in [-0.3, -0.25) is 4.79 Å². The van der Waals surface area contributed by atoms with Crippen LogP contribution in [0.4, 0.5) is 10.7 Å². The van der Waals surface area contributed by atoms with E-state index in [-0.39, 0.29) is 10.5 Å². The summed E-state index contributed by atoms with van der Waals surface area (Å²) >= 11 is 1.45. The van der Waals surface area contributed by atoms with E-state index in [9.17, 15) is 18.5 Å². The molecule has 0 unspecified atom stereocenters. The molecule has 2 aromatic carbocycles. The second-order valence-electron chi connectivity index (χ2n) is 8.74. The zero-order valence-corrected chi connectivity index (χ0v) is 20.9. The van der Waals surface area contributed by atoms with Crippen LogP contribution in [0.2, 0.25) is 0 Å². The van der Waals surface area contributed by atoms with E-state index < -0.39 is 15.9 Å². The van der Waals surface area contributed by atoms with Gasteiger partial charge in [-0.2, -0.15) is 9.57 Å². The number of thiophene rings is 1. The predicted octanol–water partition coefficient (Wildman–Crippen LogP) is 4.26. The van der Waals surface area contributed by atoms with Crippen molar-refractivity contribution in [3.05, 3.63) is 76.2 Å². The van der Waals surface area contributed by atoms with Gasteiger partial charge in [-0.15, -0.1) is 11.3 Å². The third kappa shape index (κ3) is 4.69. The molecule has 0 atom stereocenters. The summed E-state index contributed by atoms with van der Waals surface area (Å²) < 4.78 is 28.1. The Morgan fingerprint density at radius 3 is 2.46 bits per heavy atom. The van der Waals surface area contributed by atoms with Crippen molar-refractivity contribution in [2.45, 2.75) is 30.6 Å². The second-order valence-corrected chi connectivity index (χ2v) is 11.8. The third-order valence-electron chi connectivity index (χ3n) is 6.60. The Kier molecular flexibility index (Phi) is 6.60. The van der Waals surface area contributed by atoms with Gasteiger partial charge in [0, 0.05) is 42.3 Å². The summed E-state index contributed by atoms with van der Waals surface area (Å²) in [5, 5.41) is 13.1. The highest BCUT2D eigenvalue weighted by atomic mass is 32.2. The predicted molar refractivity (Wildman–Crippen MR) is 137 cm³/mol. The standard InChI is InChI=1S/C26H26N4O3S2/c27-18-23-22-11-4-5-12-24(22)34-26(23)28-25(31)19-7-6-10-21(17-19)35(32,33)30-15-13-29(14-16-30)20-8-2-1-3-9-20/h1-3,6-10,17H,4-5,11-16H2,(H,28,31). The van der Waals surface area contributed by atoms with Gasteiger partial charge in [0.1, 0.15) is 11.1 Å². The quantitative estimate of drug-likeness (QED) is 0.558. The molecule has 9 heteroatoms. The minimum Gasteiger partial charge on any atom is -0.369 e. The van der Waals surface area contributed by atoms with Gasteiger partial charge in [0.15, 0.2) is 0 Å². The lowest BCUT2D eigenvalue weighted by Gasteiger charge is -2.35. The molecule has 1 aromatic heterocycles. The Morgan fingerprint density at radius 2 is 1.71 bits per heavy atom. The summed E-state index contributed by atoms with van der Waals surface area (Å²) in [4.78, 5) is 16.5. The molecule has 1 aliphatic carbocycles. The number of hydrogen-bond donors (Lipinski definition) is 1. The molecule has 180 valence electrons. The molecule has 1 N–H and O–H groups in total. The lowest BCUT2D eigenvalue weighted by atomic mass is 9.96. The first-order chi connectivity index (χ1) is 17.0. The first-order valence-corrected chi connectivity index (χ1v) is 14.0. The fraction of sp³-hybridized carbons (Fsp3) is 0.308. The molecular formula is C26H26N4O3S2. The summed E-state index contributed by atoms with van der Waals surface area (Å²) in [5.74, 6) is -0.411. The van der Waals surface area contributed by atoms with Crippen LogP contribution in [0.5, 0.6) is 0 Å². The molecule has 0 bridgehead atoms. The minimum atomic E-state index is -3.73. The molecule has 7 nitrogen and oxygen atoms in total. The van der Waals surface area contributed by atoms with E-state index in [1.807, 2.05) is 30.3 Å². The summed E-state index contributed by atoms with van der Waals surface area (Å²) in [6.45, 7) is 1.95. The van der Waals surface area contributed by atoms with E-state index in [2.05, 4.69) is 16.3 Å². The molecule has 2 aliphatic rings. The van der Waals surface area contributed by atoms with Crippen LogP contribution in [-0.4, -0.2) is 44.8 Å². The largest absolute Gasteiger partial charge is 0.369 e. The number of nitrogens with one attached hydrogen (secondary N) is 1. The number of carbonyl (C=O) groups is 1. The van der Waals surface area contributed by atoms with Gasteiger partial charge in [0.2, 0.25) is 10.0 Å². The van der Waals surface area contributed by atoms with Crippen LogP contribution < -0.4 is 10.2 Å². The monoisotopic (exact) mass is 506 g/mol. The summed E-state index contributed by atoms with van der Waals surface area (Å²) in [7, 11) is -3.73. The molecule has 5 rings (SSSR count). The SMILES string of the molecule is N#Cc1c(NC(=O)c2cccc(S(=O)(=O)N3CCN(c4ccccc4)CC3)c2)sc2c1CCCC2. The Hall–Kier alpha value is -3.19. The number of nitrogens with zero attached hydrogens (tertiary/aromatic N) is 3. The van der Waals surface area contributed by atoms with E-state index in [4.69, 9.17) is 0 Å². The highest BCUT2D eigenvalue weighted by Crippen LogP contribution is 2.37. The van der Waals surface area contributed by atoms with Crippen LogP contribution in [0, 0.1) is 11.3 Å². The lowest BCUT2D eigenvalue weighted by molar-refractivity contribution is 0.102. The fourth-order valence-electron chi connectivity index (χ4n) is 4.72. The minimum absolute atomic E-state index is 0.101. The average molecular weight is 507 g/mol. The number of hydrogen-bond acceptors (Lipinski definition) is 6. The van der Waals surface area contributed by atoms with Gasteiger partial charge in [0.05, 0.1) is 10.5 Å². The number of rotatable bonds is 5. The van der Waals surface area contributed by atoms with Crippen LogP contribution in [0.15, 0.2) is 59.5 Å². The smallest absolute Gasteiger partial charge is 0.256 e. The van der Waals surface area contributed by atoms with E-state index in [0.717, 1.165) is 41.8 Å². The van der Waals surface area contributed by atoms with Crippen LogP contribution in [0.25, 0.3) is 0 Å². The second kappa shape index (κ2) is 9.82. The van der Waals surface area contributed by atoms with Crippen LogP contribution >= 0.6 is 11.3 Å². The number of amides is 1. The van der Waals surface area contributed by atoms with Crippen molar-refractivity contribution in [1.82, 2.24) is 4.31 Å². The third-order valence-corrected chi connectivity index (χ3v) is 9.71. The maximum Gasteiger partial charge on any atom is 0.256 e. The van der Waals surface area contributed by atoms with Crippen LogP contribution in [-0.2, 0) is 22.9 Å². The molecule has 1 saturated heterocycles. The van der Waals surface area contributed by atoms with Gasteiger partial charge < -0.3 is 10.2 Å². The number of sulfonamides is 1. The van der Waals surface area contributed by atoms with E-state index in [1.165, 1.54) is 27.8 Å². The number of piperazine rings is 1. The van der Waals surface area contributed by atoms with Crippen molar-refractivity contribution in [2.24, 2.45) is 0 Å². The zero-order valence-electron chi connectivity index (χ0n) is 19.2. The van der Waals surface area contributed by atoms with Crippen molar-refractivity contribution in [1.29, 1.82) is 5.26 Å². The van der Waals surface area contributed by atoms with Gasteiger partial charge in [-0.25, -0.2) is 8.42 Å². The van der Waals surface area contributed by atoms with E-state index in [1.54, 1.807) is 12.1 Å². The summed E-state index contributed by atoms with van der Waals surface area (Å²) in [6, 6.07) is 18.3. The molecule has 35 heavy (non-hydrogen) atoms.